The Bertz CT molecular complexity index is 323. The number of anilines is 1. The van der Waals surface area contributed by atoms with Crippen LogP contribution in [0.2, 0.25) is 0 Å². The normalized spacial score (nSPS) is 14.5. The fraction of sp³-hybridized carbons (Fsp3) is 0.500. The van der Waals surface area contributed by atoms with Crippen molar-refractivity contribution < 1.29 is 9.84 Å². The van der Waals surface area contributed by atoms with Crippen molar-refractivity contribution in [3.63, 3.8) is 0 Å². The lowest BCUT2D eigenvalue weighted by Crippen LogP contribution is -2.28. The Morgan fingerprint density at radius 3 is 2.47 bits per heavy atom. The van der Waals surface area contributed by atoms with E-state index >= 15 is 0 Å². The van der Waals surface area contributed by atoms with Gasteiger partial charge in [-0.25, -0.2) is 0 Å². The second-order valence-electron chi connectivity index (χ2n) is 3.85. The highest BCUT2D eigenvalue weighted by Crippen LogP contribution is 2.21. The van der Waals surface area contributed by atoms with Crippen molar-refractivity contribution in [1.29, 1.82) is 0 Å². The van der Waals surface area contributed by atoms with Crippen LogP contribution >= 0.6 is 0 Å². The van der Waals surface area contributed by atoms with Gasteiger partial charge in [-0.15, -0.1) is 0 Å². The Kier molecular flexibility index (Phi) is 3.97. The number of hydrogen-bond acceptors (Lipinski definition) is 3. The molecule has 0 aliphatic rings. The van der Waals surface area contributed by atoms with Crippen molar-refractivity contribution in [2.24, 2.45) is 0 Å². The van der Waals surface area contributed by atoms with Crippen LogP contribution in [0.15, 0.2) is 18.2 Å². The molecule has 0 fully saturated rings. The first-order valence-corrected chi connectivity index (χ1v) is 5.14. The molecule has 0 heterocycles. The third-order valence-electron chi connectivity index (χ3n) is 2.54. The van der Waals surface area contributed by atoms with Crippen LogP contribution in [-0.2, 0) is 0 Å². The number of aryl methyl sites for hydroxylation is 1. The monoisotopic (exact) mass is 209 g/mol. The molecule has 0 spiro atoms. The average Bonchev–Trinajstić information content (AvgIpc) is 2.20. The predicted molar refractivity (Wildman–Crippen MR) is 62.5 cm³/mol. The molecule has 15 heavy (non-hydrogen) atoms. The number of hydrogen-bond donors (Lipinski definition) is 2. The molecule has 0 aliphatic heterocycles. The third kappa shape index (κ3) is 3.13. The molecular weight excluding hydrogens is 190 g/mol. The molecule has 3 heteroatoms. The molecule has 0 aromatic heterocycles. The Balaban J connectivity index is 2.78. The van der Waals surface area contributed by atoms with Gasteiger partial charge in [-0.1, -0.05) is 0 Å². The van der Waals surface area contributed by atoms with Gasteiger partial charge in [0.2, 0.25) is 0 Å². The van der Waals surface area contributed by atoms with E-state index in [1.165, 1.54) is 0 Å². The Morgan fingerprint density at radius 1 is 1.33 bits per heavy atom. The molecule has 0 saturated carbocycles. The van der Waals surface area contributed by atoms with Crippen LogP contribution in [0.5, 0.6) is 5.75 Å². The lowest BCUT2D eigenvalue weighted by atomic mass is 10.1. The van der Waals surface area contributed by atoms with E-state index in [2.05, 4.69) is 5.32 Å². The van der Waals surface area contributed by atoms with E-state index in [4.69, 9.17) is 4.74 Å². The van der Waals surface area contributed by atoms with Gasteiger partial charge in [0.1, 0.15) is 5.75 Å². The second kappa shape index (κ2) is 5.03. The molecule has 84 valence electrons. The van der Waals surface area contributed by atoms with Crippen LogP contribution in [0.25, 0.3) is 0 Å². The van der Waals surface area contributed by atoms with E-state index in [0.29, 0.717) is 0 Å². The Hall–Kier alpha value is -1.22. The predicted octanol–water partition coefficient (Wildman–Crippen LogP) is 2.18. The maximum atomic E-state index is 9.39. The molecule has 2 unspecified atom stereocenters. The van der Waals surface area contributed by atoms with Gasteiger partial charge in [-0.2, -0.15) is 0 Å². The molecule has 0 saturated heterocycles. The van der Waals surface area contributed by atoms with Gasteiger partial charge >= 0.3 is 0 Å². The van der Waals surface area contributed by atoms with E-state index in [1.54, 1.807) is 14.0 Å². The fourth-order valence-corrected chi connectivity index (χ4v) is 1.29. The Morgan fingerprint density at radius 2 is 2.00 bits per heavy atom. The summed E-state index contributed by atoms with van der Waals surface area (Å²) in [6, 6.07) is 5.88. The number of nitrogens with one attached hydrogen (secondary N) is 1. The smallest absolute Gasteiger partial charge is 0.119 e. The van der Waals surface area contributed by atoms with Crippen molar-refractivity contribution in [2.75, 3.05) is 12.4 Å². The van der Waals surface area contributed by atoms with Gasteiger partial charge in [-0.05, 0) is 44.5 Å². The summed E-state index contributed by atoms with van der Waals surface area (Å²) in [5.41, 5.74) is 2.14. The van der Waals surface area contributed by atoms with Crippen LogP contribution in [-0.4, -0.2) is 24.4 Å². The zero-order chi connectivity index (χ0) is 11.4. The van der Waals surface area contributed by atoms with E-state index in [0.717, 1.165) is 17.0 Å². The number of ether oxygens (including phenoxy) is 1. The summed E-state index contributed by atoms with van der Waals surface area (Å²) in [7, 11) is 1.65. The quantitative estimate of drug-likeness (QED) is 0.798. The van der Waals surface area contributed by atoms with Gasteiger partial charge in [0.05, 0.1) is 13.2 Å². The van der Waals surface area contributed by atoms with E-state index < -0.39 is 0 Å². The van der Waals surface area contributed by atoms with Crippen LogP contribution in [0.3, 0.4) is 0 Å². The summed E-state index contributed by atoms with van der Waals surface area (Å²) in [4.78, 5) is 0. The number of rotatable bonds is 4. The zero-order valence-electron chi connectivity index (χ0n) is 9.74. The molecule has 0 radical (unpaired) electrons. The van der Waals surface area contributed by atoms with Gasteiger partial charge in [-0.3, -0.25) is 0 Å². The SMILES string of the molecule is COc1ccc(NC(C)C(C)O)c(C)c1. The first kappa shape index (κ1) is 11.9. The number of aliphatic hydroxyl groups is 1. The lowest BCUT2D eigenvalue weighted by Gasteiger charge is -2.19. The topological polar surface area (TPSA) is 41.5 Å². The minimum Gasteiger partial charge on any atom is -0.497 e. The fourth-order valence-electron chi connectivity index (χ4n) is 1.29. The van der Waals surface area contributed by atoms with Crippen LogP contribution < -0.4 is 10.1 Å². The van der Waals surface area contributed by atoms with Crippen LogP contribution in [0.4, 0.5) is 5.69 Å². The van der Waals surface area contributed by atoms with Crippen molar-refractivity contribution in [1.82, 2.24) is 0 Å². The van der Waals surface area contributed by atoms with E-state index in [-0.39, 0.29) is 12.1 Å². The minimum absolute atomic E-state index is 0.0390. The number of benzene rings is 1. The van der Waals surface area contributed by atoms with Crippen molar-refractivity contribution in [2.45, 2.75) is 32.9 Å². The maximum absolute atomic E-state index is 9.39. The van der Waals surface area contributed by atoms with Gasteiger partial charge in [0, 0.05) is 11.7 Å². The molecule has 3 nitrogen and oxygen atoms in total. The van der Waals surface area contributed by atoms with E-state index in [1.807, 2.05) is 32.0 Å². The molecule has 2 N–H and O–H groups in total. The van der Waals surface area contributed by atoms with E-state index in [9.17, 15) is 5.11 Å². The molecular formula is C12H19NO2. The molecule has 2 atom stereocenters. The number of aliphatic hydroxyl groups excluding tert-OH is 1. The maximum Gasteiger partial charge on any atom is 0.119 e. The van der Waals surface area contributed by atoms with Gasteiger partial charge < -0.3 is 15.2 Å². The molecule has 1 rings (SSSR count). The molecule has 1 aromatic rings. The summed E-state index contributed by atoms with van der Waals surface area (Å²) in [5, 5.41) is 12.6. The largest absolute Gasteiger partial charge is 0.497 e. The Labute approximate surface area is 91.1 Å². The van der Waals surface area contributed by atoms with Crippen LogP contribution in [0, 0.1) is 6.92 Å². The highest BCUT2D eigenvalue weighted by Gasteiger charge is 2.09. The molecule has 1 aromatic carbocycles. The van der Waals surface area contributed by atoms with Gasteiger partial charge in [0.15, 0.2) is 0 Å². The highest BCUT2D eigenvalue weighted by atomic mass is 16.5. The lowest BCUT2D eigenvalue weighted by molar-refractivity contribution is 0.178. The third-order valence-corrected chi connectivity index (χ3v) is 2.54. The van der Waals surface area contributed by atoms with Crippen molar-refractivity contribution in [3.8, 4) is 5.75 Å². The van der Waals surface area contributed by atoms with Crippen LogP contribution in [0.1, 0.15) is 19.4 Å². The standard InChI is InChI=1S/C12H19NO2/c1-8-7-11(15-4)5-6-12(8)13-9(2)10(3)14/h5-7,9-10,13-14H,1-4H3. The summed E-state index contributed by atoms with van der Waals surface area (Å²) in [6.45, 7) is 5.74. The molecule has 0 aliphatic carbocycles. The first-order chi connectivity index (χ1) is 7.04. The average molecular weight is 209 g/mol. The molecule has 0 amide bonds. The van der Waals surface area contributed by atoms with Gasteiger partial charge in [0.25, 0.3) is 0 Å². The minimum atomic E-state index is -0.369. The summed E-state index contributed by atoms with van der Waals surface area (Å²) < 4.78 is 5.13. The second-order valence-corrected chi connectivity index (χ2v) is 3.85. The molecule has 0 bridgehead atoms. The summed E-state index contributed by atoms with van der Waals surface area (Å²) >= 11 is 0. The summed E-state index contributed by atoms with van der Waals surface area (Å²) in [5.74, 6) is 0.850. The highest BCUT2D eigenvalue weighted by molar-refractivity contribution is 5.54. The van der Waals surface area contributed by atoms with Crippen molar-refractivity contribution in [3.05, 3.63) is 23.8 Å². The first-order valence-electron chi connectivity index (χ1n) is 5.14. The zero-order valence-corrected chi connectivity index (χ0v) is 9.74. The summed E-state index contributed by atoms with van der Waals surface area (Å²) in [6.07, 6.45) is -0.369. The van der Waals surface area contributed by atoms with Crippen molar-refractivity contribution >= 4 is 5.69 Å². The number of methoxy groups -OCH3 is 1.